The molecule has 88 valence electrons. The zero-order valence-corrected chi connectivity index (χ0v) is 10.9. The van der Waals surface area contributed by atoms with E-state index in [1.165, 1.54) is 11.5 Å². The number of aliphatic carboxylic acids is 1. The number of rotatable bonds is 4. The predicted molar refractivity (Wildman–Crippen MR) is 66.2 cm³/mol. The summed E-state index contributed by atoms with van der Waals surface area (Å²) in [4.78, 5) is 10.5. The average molecular weight is 315 g/mol. The molecule has 0 atom stereocenters. The summed E-state index contributed by atoms with van der Waals surface area (Å²) in [7, 11) is 0. The van der Waals surface area contributed by atoms with Crippen LogP contribution in [0.25, 0.3) is 11.3 Å². The maximum Gasteiger partial charge on any atom is 0.341 e. The third kappa shape index (κ3) is 3.01. The first-order chi connectivity index (χ1) is 8.16. The summed E-state index contributed by atoms with van der Waals surface area (Å²) in [6.07, 6.45) is 0. The minimum atomic E-state index is -1.02. The van der Waals surface area contributed by atoms with Gasteiger partial charge in [0.2, 0.25) is 0 Å². The van der Waals surface area contributed by atoms with Crippen molar-refractivity contribution in [2.75, 3.05) is 6.61 Å². The molecule has 0 unspecified atom stereocenters. The Balaban J connectivity index is 2.34. The summed E-state index contributed by atoms with van der Waals surface area (Å²) >= 11 is 4.57. The molecule has 0 amide bonds. The van der Waals surface area contributed by atoms with E-state index in [4.69, 9.17) is 9.84 Å². The van der Waals surface area contributed by atoms with Crippen molar-refractivity contribution in [1.82, 2.24) is 9.59 Å². The van der Waals surface area contributed by atoms with Crippen molar-refractivity contribution in [2.45, 2.75) is 0 Å². The fraction of sp³-hybridized carbons (Fsp3) is 0.100. The molecule has 0 fully saturated rings. The standard InChI is InChI=1S/C10H7BrN2O3S/c11-6-1-2-9(16-4-10(14)15)7(3-6)8-5-17-13-12-8/h1-3,5H,4H2,(H,14,15). The highest BCUT2D eigenvalue weighted by Crippen LogP contribution is 2.31. The smallest absolute Gasteiger partial charge is 0.341 e. The second-order valence-corrected chi connectivity index (χ2v) is 4.64. The second-order valence-electron chi connectivity index (χ2n) is 3.11. The first-order valence-electron chi connectivity index (χ1n) is 4.58. The van der Waals surface area contributed by atoms with Gasteiger partial charge in [-0.15, -0.1) is 5.10 Å². The van der Waals surface area contributed by atoms with Crippen molar-refractivity contribution in [3.8, 4) is 17.0 Å². The van der Waals surface area contributed by atoms with Crippen LogP contribution in [0, 0.1) is 0 Å². The van der Waals surface area contributed by atoms with Gasteiger partial charge in [0.1, 0.15) is 11.4 Å². The largest absolute Gasteiger partial charge is 0.481 e. The van der Waals surface area contributed by atoms with E-state index in [9.17, 15) is 4.79 Å². The molecule has 0 saturated carbocycles. The Labute approximate surface area is 109 Å². The minimum absolute atomic E-state index is 0.383. The number of carbonyl (C=O) groups is 1. The maximum atomic E-state index is 10.5. The van der Waals surface area contributed by atoms with Crippen LogP contribution in [-0.4, -0.2) is 27.3 Å². The highest BCUT2D eigenvalue weighted by molar-refractivity contribution is 9.10. The molecule has 0 bridgehead atoms. The molecule has 2 rings (SSSR count). The highest BCUT2D eigenvalue weighted by atomic mass is 79.9. The molecule has 5 nitrogen and oxygen atoms in total. The third-order valence-electron chi connectivity index (χ3n) is 1.93. The molecule has 1 aromatic carbocycles. The van der Waals surface area contributed by atoms with E-state index >= 15 is 0 Å². The van der Waals surface area contributed by atoms with Gasteiger partial charge in [0.05, 0.1) is 0 Å². The van der Waals surface area contributed by atoms with Crippen LogP contribution >= 0.6 is 27.5 Å². The number of halogens is 1. The number of aromatic nitrogens is 2. The van der Waals surface area contributed by atoms with Gasteiger partial charge in [0.15, 0.2) is 6.61 Å². The number of carboxylic acid groups (broad SMARTS) is 1. The summed E-state index contributed by atoms with van der Waals surface area (Å²) in [5.74, 6) is -0.543. The SMILES string of the molecule is O=C(O)COc1ccc(Br)cc1-c1csnn1. The summed E-state index contributed by atoms with van der Waals surface area (Å²) in [6.45, 7) is -0.383. The average Bonchev–Trinajstić information content (AvgIpc) is 2.80. The molecule has 0 aliphatic rings. The van der Waals surface area contributed by atoms with Crippen LogP contribution in [0.3, 0.4) is 0 Å². The van der Waals surface area contributed by atoms with Gasteiger partial charge in [-0.05, 0) is 29.7 Å². The van der Waals surface area contributed by atoms with E-state index in [0.29, 0.717) is 11.4 Å². The zero-order valence-electron chi connectivity index (χ0n) is 8.46. The van der Waals surface area contributed by atoms with Gasteiger partial charge in [-0.2, -0.15) is 0 Å². The molecule has 0 spiro atoms. The van der Waals surface area contributed by atoms with Crippen LogP contribution in [0.1, 0.15) is 0 Å². The van der Waals surface area contributed by atoms with Gasteiger partial charge in [-0.3, -0.25) is 0 Å². The molecule has 0 aliphatic heterocycles. The van der Waals surface area contributed by atoms with Gasteiger partial charge in [0.25, 0.3) is 0 Å². The van der Waals surface area contributed by atoms with Gasteiger partial charge >= 0.3 is 5.97 Å². The van der Waals surface area contributed by atoms with Crippen LogP contribution in [-0.2, 0) is 4.79 Å². The number of carboxylic acids is 1. The third-order valence-corrected chi connectivity index (χ3v) is 2.93. The van der Waals surface area contributed by atoms with Crippen LogP contribution in [0.5, 0.6) is 5.75 Å². The van der Waals surface area contributed by atoms with E-state index in [1.54, 1.807) is 17.5 Å². The van der Waals surface area contributed by atoms with Gasteiger partial charge in [-0.1, -0.05) is 20.4 Å². The Morgan fingerprint density at radius 2 is 2.35 bits per heavy atom. The van der Waals surface area contributed by atoms with Crippen molar-refractivity contribution >= 4 is 33.4 Å². The zero-order chi connectivity index (χ0) is 12.3. The Morgan fingerprint density at radius 3 is 3.00 bits per heavy atom. The predicted octanol–water partition coefficient (Wildman–Crippen LogP) is 2.43. The number of hydrogen-bond donors (Lipinski definition) is 1. The first kappa shape index (κ1) is 12.0. The topological polar surface area (TPSA) is 72.3 Å². The summed E-state index contributed by atoms with van der Waals surface area (Å²) < 4.78 is 9.83. The second kappa shape index (κ2) is 5.24. The maximum absolute atomic E-state index is 10.5. The molecular formula is C10H7BrN2O3S. The van der Waals surface area contributed by atoms with Crippen LogP contribution in [0.4, 0.5) is 0 Å². The fourth-order valence-corrected chi connectivity index (χ4v) is 2.07. The highest BCUT2D eigenvalue weighted by Gasteiger charge is 2.11. The Kier molecular flexibility index (Phi) is 3.70. The molecule has 0 aliphatic carbocycles. The van der Waals surface area contributed by atoms with Crippen molar-refractivity contribution in [2.24, 2.45) is 0 Å². The summed E-state index contributed by atoms with van der Waals surface area (Å²) in [5.41, 5.74) is 1.38. The summed E-state index contributed by atoms with van der Waals surface area (Å²) in [6, 6.07) is 5.29. The Hall–Kier alpha value is -1.47. The first-order valence-corrected chi connectivity index (χ1v) is 6.21. The molecule has 0 radical (unpaired) electrons. The van der Waals surface area contributed by atoms with Gasteiger partial charge in [-0.25, -0.2) is 4.79 Å². The van der Waals surface area contributed by atoms with E-state index < -0.39 is 5.97 Å². The molecule has 7 heteroatoms. The number of ether oxygens (including phenoxy) is 1. The number of benzene rings is 1. The minimum Gasteiger partial charge on any atom is -0.481 e. The van der Waals surface area contributed by atoms with Crippen molar-refractivity contribution in [1.29, 1.82) is 0 Å². The Morgan fingerprint density at radius 1 is 1.53 bits per heavy atom. The monoisotopic (exact) mass is 314 g/mol. The van der Waals surface area contributed by atoms with Gasteiger partial charge in [0, 0.05) is 15.4 Å². The van der Waals surface area contributed by atoms with E-state index in [2.05, 4.69) is 25.5 Å². The number of hydrogen-bond acceptors (Lipinski definition) is 5. The van der Waals surface area contributed by atoms with Crippen LogP contribution < -0.4 is 4.74 Å². The summed E-state index contributed by atoms with van der Waals surface area (Å²) in [5, 5.41) is 14.3. The molecule has 0 saturated heterocycles. The van der Waals surface area contributed by atoms with Crippen molar-refractivity contribution < 1.29 is 14.6 Å². The molecule has 17 heavy (non-hydrogen) atoms. The lowest BCUT2D eigenvalue weighted by Crippen LogP contribution is -2.10. The van der Waals surface area contributed by atoms with E-state index in [-0.39, 0.29) is 6.61 Å². The van der Waals surface area contributed by atoms with Gasteiger partial charge < -0.3 is 9.84 Å². The Bertz CT molecular complexity index is 530. The molecule has 1 N–H and O–H groups in total. The van der Waals surface area contributed by atoms with Crippen LogP contribution in [0.2, 0.25) is 0 Å². The van der Waals surface area contributed by atoms with Crippen LogP contribution in [0.15, 0.2) is 28.1 Å². The molecular weight excluding hydrogens is 308 g/mol. The quantitative estimate of drug-likeness (QED) is 0.938. The fourth-order valence-electron chi connectivity index (χ4n) is 1.25. The van der Waals surface area contributed by atoms with Crippen molar-refractivity contribution in [3.63, 3.8) is 0 Å². The lowest BCUT2D eigenvalue weighted by Gasteiger charge is -2.08. The van der Waals surface area contributed by atoms with Crippen molar-refractivity contribution in [3.05, 3.63) is 28.1 Å². The molecule has 1 heterocycles. The lowest BCUT2D eigenvalue weighted by atomic mass is 10.1. The molecule has 2 aromatic rings. The number of nitrogens with zero attached hydrogens (tertiary/aromatic N) is 2. The van der Waals surface area contributed by atoms with E-state index in [1.807, 2.05) is 6.07 Å². The lowest BCUT2D eigenvalue weighted by molar-refractivity contribution is -0.139. The van der Waals surface area contributed by atoms with E-state index in [0.717, 1.165) is 10.0 Å². The molecule has 1 aromatic heterocycles. The normalized spacial score (nSPS) is 10.2.